The summed E-state index contributed by atoms with van der Waals surface area (Å²) in [5, 5.41) is 13.7. The molecule has 0 amide bonds. The van der Waals surface area contributed by atoms with Gasteiger partial charge in [-0.05, 0) is 36.4 Å². The van der Waals surface area contributed by atoms with Gasteiger partial charge in [-0.2, -0.15) is 23.4 Å². The summed E-state index contributed by atoms with van der Waals surface area (Å²) in [5.74, 6) is 0.959. The number of aromatic nitrogens is 3. The minimum Gasteiger partial charge on any atom is -0.327 e. The number of carbonyl (C=O) groups excluding carboxylic acids is 1. The molecular formula is C21H17Cl2F3N6O. The zero-order valence-corrected chi connectivity index (χ0v) is 18.4. The van der Waals surface area contributed by atoms with E-state index in [0.29, 0.717) is 39.1 Å². The Morgan fingerprint density at radius 1 is 1.09 bits per heavy atom. The first-order valence-electron chi connectivity index (χ1n) is 9.81. The van der Waals surface area contributed by atoms with Crippen molar-refractivity contribution in [1.29, 1.82) is 0 Å². The van der Waals surface area contributed by atoms with Crippen LogP contribution in [-0.4, -0.2) is 56.1 Å². The maximum atomic E-state index is 12.9. The summed E-state index contributed by atoms with van der Waals surface area (Å²) in [6.07, 6.45) is -5.99. The maximum Gasteiger partial charge on any atom is 0.390 e. The summed E-state index contributed by atoms with van der Waals surface area (Å²) in [7, 11) is 0. The normalized spacial score (nSPS) is 16.3. The van der Waals surface area contributed by atoms with Crippen LogP contribution in [0.1, 0.15) is 17.8 Å². The number of hydrazone groups is 1. The number of aromatic amines is 1. The number of halogens is 5. The van der Waals surface area contributed by atoms with Crippen molar-refractivity contribution >= 4 is 35.3 Å². The van der Waals surface area contributed by atoms with Crippen molar-refractivity contribution in [2.24, 2.45) is 5.10 Å². The average molecular weight is 497 g/mol. The molecule has 0 fully saturated rings. The topological polar surface area (TPSA) is 77.5 Å². The van der Waals surface area contributed by atoms with Crippen molar-refractivity contribution in [3.63, 3.8) is 0 Å². The largest absolute Gasteiger partial charge is 0.390 e. The first kappa shape index (κ1) is 23.1. The van der Waals surface area contributed by atoms with E-state index in [1.807, 2.05) is 0 Å². The van der Waals surface area contributed by atoms with Crippen molar-refractivity contribution in [3.8, 4) is 11.4 Å². The predicted octanol–water partition coefficient (Wildman–Crippen LogP) is 4.74. The standard InChI is InChI=1S/C21H17Cl2F3N6O/c22-14-7-5-13(6-8-14)20-30-32(18(12-33)31(20)10-9-21(24,25)26)11-17-27-19(29-28-17)15-3-1-2-4-16(15)23/h1-8,12,18H,9-11H2,(H,27,28,29). The number of H-pyrrole nitrogens is 1. The highest BCUT2D eigenvalue weighted by Crippen LogP contribution is 2.28. The molecule has 1 N–H and O–H groups in total. The van der Waals surface area contributed by atoms with E-state index >= 15 is 0 Å². The predicted molar refractivity (Wildman–Crippen MR) is 118 cm³/mol. The van der Waals surface area contributed by atoms with Gasteiger partial charge in [0.05, 0.1) is 18.0 Å². The third-order valence-corrected chi connectivity index (χ3v) is 5.52. The Balaban J connectivity index is 1.62. The van der Waals surface area contributed by atoms with Crippen LogP contribution in [0, 0.1) is 0 Å². The number of benzene rings is 2. The molecule has 2 aromatic carbocycles. The Labute approximate surface area is 196 Å². The Kier molecular flexibility index (Phi) is 6.57. The van der Waals surface area contributed by atoms with Crippen molar-refractivity contribution in [2.45, 2.75) is 25.3 Å². The second-order valence-corrected chi connectivity index (χ2v) is 8.07. The van der Waals surface area contributed by atoms with E-state index in [-0.39, 0.29) is 12.4 Å². The summed E-state index contributed by atoms with van der Waals surface area (Å²) in [6.45, 7) is -0.424. The number of alkyl halides is 3. The van der Waals surface area contributed by atoms with Gasteiger partial charge in [0.1, 0.15) is 5.82 Å². The van der Waals surface area contributed by atoms with E-state index in [0.717, 1.165) is 0 Å². The number of nitrogens with one attached hydrogen (secondary N) is 1. The van der Waals surface area contributed by atoms with Crippen molar-refractivity contribution in [3.05, 3.63) is 70.0 Å². The lowest BCUT2D eigenvalue weighted by Gasteiger charge is -2.27. The molecule has 1 aromatic heterocycles. The molecular weight excluding hydrogens is 480 g/mol. The molecule has 0 spiro atoms. The number of hydrogen-bond donors (Lipinski definition) is 1. The number of aldehydes is 1. The third-order valence-electron chi connectivity index (χ3n) is 4.94. The van der Waals surface area contributed by atoms with Gasteiger partial charge in [-0.3, -0.25) is 14.9 Å². The van der Waals surface area contributed by atoms with Gasteiger partial charge < -0.3 is 4.90 Å². The molecule has 1 aliphatic rings. The highest BCUT2D eigenvalue weighted by atomic mass is 35.5. The minimum atomic E-state index is -4.39. The SMILES string of the molecule is O=CC1N(Cc2nc(-c3ccccc3Cl)n[nH]2)N=C(c2ccc(Cl)cc2)N1CCC(F)(F)F. The first-order valence-corrected chi connectivity index (χ1v) is 10.6. The summed E-state index contributed by atoms with van der Waals surface area (Å²) >= 11 is 12.1. The number of nitrogens with zero attached hydrogens (tertiary/aromatic N) is 5. The molecule has 1 atom stereocenters. The highest BCUT2D eigenvalue weighted by molar-refractivity contribution is 6.33. The van der Waals surface area contributed by atoms with Crippen LogP contribution in [0.3, 0.4) is 0 Å². The van der Waals surface area contributed by atoms with Gasteiger partial charge in [-0.25, -0.2) is 4.98 Å². The fourth-order valence-electron chi connectivity index (χ4n) is 3.39. The lowest BCUT2D eigenvalue weighted by Crippen LogP contribution is -2.44. The van der Waals surface area contributed by atoms with E-state index in [4.69, 9.17) is 23.2 Å². The van der Waals surface area contributed by atoms with Gasteiger partial charge >= 0.3 is 6.18 Å². The molecule has 33 heavy (non-hydrogen) atoms. The van der Waals surface area contributed by atoms with Gasteiger partial charge in [-0.15, -0.1) is 0 Å². The van der Waals surface area contributed by atoms with Gasteiger partial charge in [0.15, 0.2) is 24.1 Å². The molecule has 2 heterocycles. The zero-order valence-electron chi connectivity index (χ0n) is 16.9. The van der Waals surface area contributed by atoms with Crippen LogP contribution < -0.4 is 0 Å². The van der Waals surface area contributed by atoms with E-state index in [1.54, 1.807) is 48.5 Å². The first-order chi connectivity index (χ1) is 15.7. The van der Waals surface area contributed by atoms with Crippen LogP contribution >= 0.6 is 23.2 Å². The van der Waals surface area contributed by atoms with Crippen LogP contribution in [0.25, 0.3) is 11.4 Å². The highest BCUT2D eigenvalue weighted by Gasteiger charge is 2.38. The molecule has 4 rings (SSSR count). The maximum absolute atomic E-state index is 12.9. The molecule has 0 saturated carbocycles. The van der Waals surface area contributed by atoms with Crippen molar-refractivity contribution < 1.29 is 18.0 Å². The molecule has 3 aromatic rings. The number of rotatable bonds is 7. The number of carbonyl (C=O) groups is 1. The Morgan fingerprint density at radius 2 is 1.82 bits per heavy atom. The Hall–Kier alpha value is -3.11. The van der Waals surface area contributed by atoms with E-state index in [1.165, 1.54) is 9.91 Å². The van der Waals surface area contributed by atoms with E-state index < -0.39 is 25.3 Å². The summed E-state index contributed by atoms with van der Waals surface area (Å²) in [5.41, 5.74) is 1.15. The molecule has 0 aliphatic carbocycles. The lowest BCUT2D eigenvalue weighted by molar-refractivity contribution is -0.139. The second-order valence-electron chi connectivity index (χ2n) is 7.22. The molecule has 12 heteroatoms. The Morgan fingerprint density at radius 3 is 2.48 bits per heavy atom. The van der Waals surface area contributed by atoms with Crippen molar-refractivity contribution in [1.82, 2.24) is 25.1 Å². The molecule has 0 saturated heterocycles. The molecule has 7 nitrogen and oxygen atoms in total. The minimum absolute atomic E-state index is 0.0144. The summed E-state index contributed by atoms with van der Waals surface area (Å²) in [4.78, 5) is 17.6. The number of hydrogen-bond acceptors (Lipinski definition) is 6. The molecule has 1 aliphatic heterocycles. The smallest absolute Gasteiger partial charge is 0.327 e. The Bertz CT molecular complexity index is 1170. The number of amidine groups is 1. The van der Waals surface area contributed by atoms with Gasteiger partial charge in [0.25, 0.3) is 0 Å². The molecule has 0 bridgehead atoms. The molecule has 1 unspecified atom stereocenters. The molecule has 0 radical (unpaired) electrons. The van der Waals surface area contributed by atoms with Crippen LogP contribution in [0.5, 0.6) is 0 Å². The average Bonchev–Trinajstić information content (AvgIpc) is 3.37. The second kappa shape index (κ2) is 9.40. The zero-order chi connectivity index (χ0) is 23.6. The van der Waals surface area contributed by atoms with E-state index in [2.05, 4.69) is 20.3 Å². The van der Waals surface area contributed by atoms with Crippen LogP contribution in [0.4, 0.5) is 13.2 Å². The van der Waals surface area contributed by atoms with Crippen LogP contribution in [-0.2, 0) is 11.3 Å². The fourth-order valence-corrected chi connectivity index (χ4v) is 3.73. The van der Waals surface area contributed by atoms with Crippen LogP contribution in [0.2, 0.25) is 10.0 Å². The van der Waals surface area contributed by atoms with Crippen LogP contribution in [0.15, 0.2) is 53.6 Å². The quantitative estimate of drug-likeness (QED) is 0.478. The monoisotopic (exact) mass is 496 g/mol. The fraction of sp³-hybridized carbons (Fsp3) is 0.238. The van der Waals surface area contributed by atoms with Gasteiger partial charge in [0, 0.05) is 22.7 Å². The third kappa shape index (κ3) is 5.28. The molecule has 172 valence electrons. The van der Waals surface area contributed by atoms with E-state index in [9.17, 15) is 18.0 Å². The summed E-state index contributed by atoms with van der Waals surface area (Å²) in [6, 6.07) is 13.5. The van der Waals surface area contributed by atoms with Gasteiger partial charge in [0.2, 0.25) is 0 Å². The summed E-state index contributed by atoms with van der Waals surface area (Å²) < 4.78 is 38.8. The lowest BCUT2D eigenvalue weighted by atomic mass is 10.2. The van der Waals surface area contributed by atoms with Crippen molar-refractivity contribution in [2.75, 3.05) is 6.54 Å². The van der Waals surface area contributed by atoms with Gasteiger partial charge in [-0.1, -0.05) is 35.3 Å².